The predicted octanol–water partition coefficient (Wildman–Crippen LogP) is 4.61. The van der Waals surface area contributed by atoms with E-state index in [4.69, 9.17) is 0 Å². The van der Waals surface area contributed by atoms with Crippen molar-refractivity contribution in [1.29, 1.82) is 0 Å². The van der Waals surface area contributed by atoms with E-state index in [2.05, 4.69) is 26.6 Å². The van der Waals surface area contributed by atoms with Crippen LogP contribution in [-0.4, -0.2) is 36.0 Å². The van der Waals surface area contributed by atoms with Gasteiger partial charge in [-0.05, 0) is 59.6 Å². The van der Waals surface area contributed by atoms with E-state index >= 15 is 0 Å². The third-order valence-electron chi connectivity index (χ3n) is 4.41. The van der Waals surface area contributed by atoms with E-state index in [9.17, 15) is 17.6 Å². The highest BCUT2D eigenvalue weighted by atomic mass is 32.1. The summed E-state index contributed by atoms with van der Waals surface area (Å²) in [5.74, 6) is -1.20. The second-order valence-corrected chi connectivity index (χ2v) is 7.13. The van der Waals surface area contributed by atoms with Gasteiger partial charge in [-0.25, -0.2) is 4.39 Å². The van der Waals surface area contributed by atoms with Gasteiger partial charge in [-0.2, -0.15) is 24.5 Å². The molecule has 7 heteroatoms. The third kappa shape index (κ3) is 5.03. The number of alkyl halides is 3. The van der Waals surface area contributed by atoms with Gasteiger partial charge in [0, 0.05) is 26.2 Å². The van der Waals surface area contributed by atoms with Crippen LogP contribution >= 0.6 is 11.3 Å². The van der Waals surface area contributed by atoms with Crippen molar-refractivity contribution in [3.05, 3.63) is 57.5 Å². The lowest BCUT2D eigenvalue weighted by molar-refractivity contribution is -0.140. The molecule has 2 heterocycles. The number of halogens is 4. The lowest BCUT2D eigenvalue weighted by atomic mass is 10.1. The molecule has 0 amide bonds. The molecule has 1 saturated heterocycles. The third-order valence-corrected chi connectivity index (χ3v) is 5.14. The summed E-state index contributed by atoms with van der Waals surface area (Å²) in [5, 5.41) is 4.21. The van der Waals surface area contributed by atoms with Gasteiger partial charge in [0.25, 0.3) is 0 Å². The number of thiophene rings is 1. The van der Waals surface area contributed by atoms with Crippen LogP contribution in [0, 0.1) is 5.82 Å². The normalized spacial score (nSPS) is 17.6. The molecular weight excluding hydrogens is 352 g/mol. The van der Waals surface area contributed by atoms with Gasteiger partial charge in [-0.15, -0.1) is 0 Å². The highest BCUT2D eigenvalue weighted by Crippen LogP contribution is 2.31. The van der Waals surface area contributed by atoms with Gasteiger partial charge in [0.15, 0.2) is 0 Å². The zero-order valence-corrected chi connectivity index (χ0v) is 14.5. The smallest absolute Gasteiger partial charge is 0.298 e. The first-order valence-electron chi connectivity index (χ1n) is 8.23. The number of nitrogens with zero attached hydrogens (tertiary/aromatic N) is 2. The fourth-order valence-electron chi connectivity index (χ4n) is 3.13. The Kier molecular flexibility index (Phi) is 5.76. The SMILES string of the molecule is Fc1cc(CN2CCCN(Cc3ccsc3)CC2)ccc1C(F)(F)F. The van der Waals surface area contributed by atoms with Crippen molar-refractivity contribution in [1.82, 2.24) is 9.80 Å². The summed E-state index contributed by atoms with van der Waals surface area (Å²) in [6, 6.07) is 5.35. The first-order valence-corrected chi connectivity index (χ1v) is 9.17. The predicted molar refractivity (Wildman–Crippen MR) is 90.9 cm³/mol. The summed E-state index contributed by atoms with van der Waals surface area (Å²) in [4.78, 5) is 4.56. The van der Waals surface area contributed by atoms with Gasteiger partial charge in [-0.1, -0.05) is 6.07 Å². The molecule has 0 atom stereocenters. The monoisotopic (exact) mass is 372 g/mol. The molecule has 0 spiro atoms. The van der Waals surface area contributed by atoms with Gasteiger partial charge in [-0.3, -0.25) is 9.80 Å². The molecular formula is C18H20F4N2S. The van der Waals surface area contributed by atoms with Crippen LogP contribution in [0.1, 0.15) is 23.1 Å². The Bertz CT molecular complexity index is 685. The van der Waals surface area contributed by atoms with Crippen molar-refractivity contribution < 1.29 is 17.6 Å². The molecule has 0 radical (unpaired) electrons. The quantitative estimate of drug-likeness (QED) is 0.723. The van der Waals surface area contributed by atoms with Crippen LogP contribution in [-0.2, 0) is 19.3 Å². The molecule has 0 saturated carbocycles. The highest BCUT2D eigenvalue weighted by Gasteiger charge is 2.33. The number of rotatable bonds is 4. The van der Waals surface area contributed by atoms with Crippen LogP contribution in [0.3, 0.4) is 0 Å². The van der Waals surface area contributed by atoms with Crippen LogP contribution in [0.4, 0.5) is 17.6 Å². The van der Waals surface area contributed by atoms with E-state index in [1.54, 1.807) is 11.3 Å². The van der Waals surface area contributed by atoms with Crippen LogP contribution < -0.4 is 0 Å². The zero-order valence-electron chi connectivity index (χ0n) is 13.7. The van der Waals surface area contributed by atoms with Crippen LogP contribution in [0.5, 0.6) is 0 Å². The van der Waals surface area contributed by atoms with E-state index in [0.29, 0.717) is 12.1 Å². The number of hydrogen-bond acceptors (Lipinski definition) is 3. The number of hydrogen-bond donors (Lipinski definition) is 0. The van der Waals surface area contributed by atoms with Crippen molar-refractivity contribution in [2.45, 2.75) is 25.7 Å². The summed E-state index contributed by atoms with van der Waals surface area (Å²) >= 11 is 1.69. The van der Waals surface area contributed by atoms with Crippen LogP contribution in [0.2, 0.25) is 0 Å². The van der Waals surface area contributed by atoms with Crippen molar-refractivity contribution >= 4 is 11.3 Å². The highest BCUT2D eigenvalue weighted by molar-refractivity contribution is 7.07. The first kappa shape index (κ1) is 18.4. The molecule has 2 nitrogen and oxygen atoms in total. The molecule has 0 aliphatic carbocycles. The summed E-state index contributed by atoms with van der Waals surface area (Å²) in [7, 11) is 0. The van der Waals surface area contributed by atoms with Gasteiger partial charge in [0.1, 0.15) is 5.82 Å². The van der Waals surface area contributed by atoms with Gasteiger partial charge < -0.3 is 0 Å². The molecule has 1 aliphatic rings. The van der Waals surface area contributed by atoms with E-state index < -0.39 is 17.6 Å². The maximum absolute atomic E-state index is 13.7. The van der Waals surface area contributed by atoms with E-state index in [0.717, 1.165) is 51.3 Å². The molecule has 3 rings (SSSR count). The first-order chi connectivity index (χ1) is 11.9. The average Bonchev–Trinajstić information content (AvgIpc) is 2.94. The molecule has 1 aromatic carbocycles. The topological polar surface area (TPSA) is 6.48 Å². The fourth-order valence-corrected chi connectivity index (χ4v) is 3.79. The van der Waals surface area contributed by atoms with E-state index in [1.165, 1.54) is 11.6 Å². The average molecular weight is 372 g/mol. The van der Waals surface area contributed by atoms with Gasteiger partial charge in [0.2, 0.25) is 0 Å². The molecule has 1 fully saturated rings. The molecule has 2 aromatic rings. The minimum atomic E-state index is -4.65. The minimum absolute atomic E-state index is 0.474. The van der Waals surface area contributed by atoms with Gasteiger partial charge >= 0.3 is 6.18 Å². The Balaban J connectivity index is 1.57. The Morgan fingerprint density at radius 2 is 1.60 bits per heavy atom. The maximum Gasteiger partial charge on any atom is 0.419 e. The summed E-state index contributed by atoms with van der Waals surface area (Å²) in [6.45, 7) is 4.98. The summed E-state index contributed by atoms with van der Waals surface area (Å²) in [6.07, 6.45) is -3.65. The summed E-state index contributed by atoms with van der Waals surface area (Å²) < 4.78 is 51.6. The zero-order chi connectivity index (χ0) is 17.9. The molecule has 0 unspecified atom stereocenters. The maximum atomic E-state index is 13.7. The minimum Gasteiger partial charge on any atom is -0.298 e. The summed E-state index contributed by atoms with van der Waals surface area (Å²) in [5.41, 5.74) is 0.689. The lowest BCUT2D eigenvalue weighted by Gasteiger charge is -2.22. The van der Waals surface area contributed by atoms with E-state index in [-0.39, 0.29) is 0 Å². The fraction of sp³-hybridized carbons (Fsp3) is 0.444. The molecule has 1 aromatic heterocycles. The molecule has 0 bridgehead atoms. The standard InChI is InChI=1S/C18H20F4N2S/c19-17-10-14(2-3-16(17)18(20,21)22)11-23-5-1-6-24(8-7-23)12-15-4-9-25-13-15/h2-4,9-10,13H,1,5-8,11-12H2. The Labute approximate surface area is 148 Å². The van der Waals surface area contributed by atoms with E-state index in [1.807, 2.05) is 0 Å². The number of benzene rings is 1. The second-order valence-electron chi connectivity index (χ2n) is 6.35. The van der Waals surface area contributed by atoms with Crippen molar-refractivity contribution in [3.8, 4) is 0 Å². The van der Waals surface area contributed by atoms with Crippen molar-refractivity contribution in [2.24, 2.45) is 0 Å². The Morgan fingerprint density at radius 3 is 2.16 bits per heavy atom. The van der Waals surface area contributed by atoms with Crippen molar-refractivity contribution in [2.75, 3.05) is 26.2 Å². The second kappa shape index (κ2) is 7.85. The Hall–Kier alpha value is -1.44. The molecule has 0 N–H and O–H groups in total. The van der Waals surface area contributed by atoms with Crippen LogP contribution in [0.15, 0.2) is 35.0 Å². The molecule has 25 heavy (non-hydrogen) atoms. The van der Waals surface area contributed by atoms with Gasteiger partial charge in [0.05, 0.1) is 5.56 Å². The van der Waals surface area contributed by atoms with Crippen molar-refractivity contribution in [3.63, 3.8) is 0 Å². The van der Waals surface area contributed by atoms with Crippen LogP contribution in [0.25, 0.3) is 0 Å². The molecule has 1 aliphatic heterocycles. The Morgan fingerprint density at radius 1 is 0.920 bits per heavy atom. The largest absolute Gasteiger partial charge is 0.419 e. The lowest BCUT2D eigenvalue weighted by Crippen LogP contribution is -2.30. The molecule has 136 valence electrons.